The zero-order valence-electron chi connectivity index (χ0n) is 16.2. The lowest BCUT2D eigenvalue weighted by Crippen LogP contribution is -2.37. The standard InChI is InChI=1S/C23H27N3O/c1-3-26(17-9-5-4-6-10-17)23-21-12-8-7-11-20(21)22(24-25-23)19-14-13-18(27)15-16(19)2/h7-8,11-15,17,27H,3-6,9-10H2,1-2H3. The van der Waals surface area contributed by atoms with Crippen LogP contribution >= 0.6 is 0 Å². The molecule has 4 nitrogen and oxygen atoms in total. The van der Waals surface area contributed by atoms with Crippen molar-refractivity contribution in [2.75, 3.05) is 11.4 Å². The van der Waals surface area contributed by atoms with Crippen molar-refractivity contribution in [1.29, 1.82) is 0 Å². The summed E-state index contributed by atoms with van der Waals surface area (Å²) in [5.41, 5.74) is 2.90. The molecular weight excluding hydrogens is 334 g/mol. The van der Waals surface area contributed by atoms with Gasteiger partial charge in [-0.25, -0.2) is 0 Å². The molecule has 0 unspecified atom stereocenters. The van der Waals surface area contributed by atoms with Crippen LogP contribution in [0.25, 0.3) is 22.0 Å². The Kier molecular flexibility index (Phi) is 4.97. The Labute approximate surface area is 160 Å². The fourth-order valence-electron chi connectivity index (χ4n) is 4.39. The third-order valence-corrected chi connectivity index (χ3v) is 5.76. The van der Waals surface area contributed by atoms with Crippen LogP contribution in [-0.2, 0) is 0 Å². The van der Waals surface area contributed by atoms with Gasteiger partial charge < -0.3 is 10.0 Å². The number of phenolic OH excluding ortho intramolecular Hbond substituents is 1. The lowest BCUT2D eigenvalue weighted by atomic mass is 9.93. The third kappa shape index (κ3) is 3.36. The molecule has 0 saturated heterocycles. The van der Waals surface area contributed by atoms with E-state index < -0.39 is 0 Å². The van der Waals surface area contributed by atoms with Gasteiger partial charge in [-0.05, 0) is 50.5 Å². The van der Waals surface area contributed by atoms with Gasteiger partial charge in [0, 0.05) is 28.9 Å². The number of benzene rings is 2. The van der Waals surface area contributed by atoms with Crippen LogP contribution in [0.4, 0.5) is 5.82 Å². The van der Waals surface area contributed by atoms with E-state index in [-0.39, 0.29) is 5.75 Å². The number of fused-ring (bicyclic) bond motifs is 1. The van der Waals surface area contributed by atoms with E-state index in [1.807, 2.05) is 13.0 Å². The molecule has 1 aliphatic carbocycles. The fraction of sp³-hybridized carbons (Fsp3) is 0.391. The van der Waals surface area contributed by atoms with Crippen molar-refractivity contribution >= 4 is 16.6 Å². The van der Waals surface area contributed by atoms with Crippen molar-refractivity contribution in [3.63, 3.8) is 0 Å². The zero-order valence-corrected chi connectivity index (χ0v) is 16.2. The van der Waals surface area contributed by atoms with Crippen molar-refractivity contribution in [3.8, 4) is 17.0 Å². The molecule has 1 N–H and O–H groups in total. The molecule has 4 rings (SSSR count). The molecule has 1 saturated carbocycles. The van der Waals surface area contributed by atoms with Crippen LogP contribution < -0.4 is 4.90 Å². The summed E-state index contributed by atoms with van der Waals surface area (Å²) >= 11 is 0. The van der Waals surface area contributed by atoms with E-state index in [4.69, 9.17) is 5.10 Å². The minimum atomic E-state index is 0.277. The van der Waals surface area contributed by atoms with E-state index in [2.05, 4.69) is 41.2 Å². The lowest BCUT2D eigenvalue weighted by Gasteiger charge is -2.35. The fourth-order valence-corrected chi connectivity index (χ4v) is 4.39. The third-order valence-electron chi connectivity index (χ3n) is 5.76. The van der Waals surface area contributed by atoms with Crippen LogP contribution in [0.1, 0.15) is 44.6 Å². The van der Waals surface area contributed by atoms with Crippen LogP contribution in [-0.4, -0.2) is 27.9 Å². The Hall–Kier alpha value is -2.62. The Balaban J connectivity index is 1.85. The summed E-state index contributed by atoms with van der Waals surface area (Å²) in [6.07, 6.45) is 6.43. The average Bonchev–Trinajstić information content (AvgIpc) is 2.70. The van der Waals surface area contributed by atoms with Gasteiger partial charge in [-0.1, -0.05) is 43.5 Å². The number of rotatable bonds is 4. The number of hydrogen-bond acceptors (Lipinski definition) is 4. The highest BCUT2D eigenvalue weighted by Gasteiger charge is 2.24. The Morgan fingerprint density at radius 3 is 2.44 bits per heavy atom. The molecule has 0 aliphatic heterocycles. The number of nitrogens with zero attached hydrogens (tertiary/aromatic N) is 3. The molecule has 27 heavy (non-hydrogen) atoms. The number of aromatic nitrogens is 2. The Bertz CT molecular complexity index is 948. The highest BCUT2D eigenvalue weighted by Crippen LogP contribution is 2.35. The molecule has 3 aromatic rings. The normalized spacial score (nSPS) is 15.2. The molecule has 0 spiro atoms. The van der Waals surface area contributed by atoms with Crippen LogP contribution in [0.3, 0.4) is 0 Å². The minimum Gasteiger partial charge on any atom is -0.508 e. The van der Waals surface area contributed by atoms with Crippen molar-refractivity contribution in [2.45, 2.75) is 52.0 Å². The summed E-state index contributed by atoms with van der Waals surface area (Å²) in [4.78, 5) is 2.45. The Morgan fingerprint density at radius 1 is 1.00 bits per heavy atom. The van der Waals surface area contributed by atoms with Gasteiger partial charge in [0.05, 0.1) is 0 Å². The summed E-state index contributed by atoms with van der Waals surface area (Å²) in [7, 11) is 0. The summed E-state index contributed by atoms with van der Waals surface area (Å²) in [5.74, 6) is 1.28. The second-order valence-corrected chi connectivity index (χ2v) is 7.49. The minimum absolute atomic E-state index is 0.277. The zero-order chi connectivity index (χ0) is 18.8. The topological polar surface area (TPSA) is 49.2 Å². The summed E-state index contributed by atoms with van der Waals surface area (Å²) in [6.45, 7) is 5.16. The van der Waals surface area contributed by atoms with Gasteiger partial charge in [0.15, 0.2) is 5.82 Å². The average molecular weight is 361 g/mol. The van der Waals surface area contributed by atoms with Crippen molar-refractivity contribution in [2.24, 2.45) is 0 Å². The molecule has 1 aromatic heterocycles. The van der Waals surface area contributed by atoms with Gasteiger partial charge in [0.1, 0.15) is 11.4 Å². The lowest BCUT2D eigenvalue weighted by molar-refractivity contribution is 0.416. The van der Waals surface area contributed by atoms with Gasteiger partial charge >= 0.3 is 0 Å². The highest BCUT2D eigenvalue weighted by atomic mass is 16.3. The largest absolute Gasteiger partial charge is 0.508 e. The van der Waals surface area contributed by atoms with E-state index in [1.54, 1.807) is 12.1 Å². The molecule has 1 heterocycles. The quantitative estimate of drug-likeness (QED) is 0.669. The first kappa shape index (κ1) is 17.8. The van der Waals surface area contributed by atoms with Crippen LogP contribution in [0.5, 0.6) is 5.75 Å². The first-order chi connectivity index (χ1) is 13.2. The summed E-state index contributed by atoms with van der Waals surface area (Å²) in [5, 5.41) is 21.4. The Morgan fingerprint density at radius 2 is 1.74 bits per heavy atom. The second-order valence-electron chi connectivity index (χ2n) is 7.49. The number of aryl methyl sites for hydroxylation is 1. The number of anilines is 1. The summed E-state index contributed by atoms with van der Waals surface area (Å²) in [6, 6.07) is 14.4. The van der Waals surface area contributed by atoms with Gasteiger partial charge in [-0.15, -0.1) is 10.2 Å². The van der Waals surface area contributed by atoms with Gasteiger partial charge in [0.25, 0.3) is 0 Å². The van der Waals surface area contributed by atoms with E-state index in [1.165, 1.54) is 32.1 Å². The van der Waals surface area contributed by atoms with Crippen molar-refractivity contribution in [3.05, 3.63) is 48.0 Å². The van der Waals surface area contributed by atoms with Crippen LogP contribution in [0.15, 0.2) is 42.5 Å². The summed E-state index contributed by atoms with van der Waals surface area (Å²) < 4.78 is 0. The maximum atomic E-state index is 9.75. The molecule has 140 valence electrons. The predicted molar refractivity (Wildman–Crippen MR) is 111 cm³/mol. The molecule has 1 fully saturated rings. The van der Waals surface area contributed by atoms with E-state index in [0.717, 1.165) is 40.0 Å². The predicted octanol–water partition coefficient (Wildman–Crippen LogP) is 5.47. The first-order valence-corrected chi connectivity index (χ1v) is 10.0. The molecule has 4 heteroatoms. The number of hydrogen-bond donors (Lipinski definition) is 1. The van der Waals surface area contributed by atoms with E-state index in [0.29, 0.717) is 6.04 Å². The monoisotopic (exact) mass is 361 g/mol. The van der Waals surface area contributed by atoms with Crippen LogP contribution in [0.2, 0.25) is 0 Å². The van der Waals surface area contributed by atoms with Crippen molar-refractivity contribution < 1.29 is 5.11 Å². The maximum Gasteiger partial charge on any atom is 0.159 e. The maximum absolute atomic E-state index is 9.75. The van der Waals surface area contributed by atoms with E-state index in [9.17, 15) is 5.11 Å². The smallest absolute Gasteiger partial charge is 0.159 e. The molecule has 0 radical (unpaired) electrons. The van der Waals surface area contributed by atoms with Gasteiger partial charge in [-0.2, -0.15) is 0 Å². The number of aromatic hydroxyl groups is 1. The van der Waals surface area contributed by atoms with Crippen LogP contribution in [0, 0.1) is 6.92 Å². The van der Waals surface area contributed by atoms with Gasteiger partial charge in [0.2, 0.25) is 0 Å². The van der Waals surface area contributed by atoms with E-state index >= 15 is 0 Å². The molecule has 1 aliphatic rings. The SMILES string of the molecule is CCN(c1nnc(-c2ccc(O)cc2C)c2ccccc12)C1CCCCC1. The second kappa shape index (κ2) is 7.55. The molecule has 0 bridgehead atoms. The molecule has 2 aromatic carbocycles. The number of phenols is 1. The molecule has 0 atom stereocenters. The van der Waals surface area contributed by atoms with Crippen molar-refractivity contribution in [1.82, 2.24) is 10.2 Å². The first-order valence-electron chi connectivity index (χ1n) is 10.0. The van der Waals surface area contributed by atoms with Gasteiger partial charge in [-0.3, -0.25) is 0 Å². The molecular formula is C23H27N3O. The molecule has 0 amide bonds. The highest BCUT2D eigenvalue weighted by molar-refractivity contribution is 6.00.